The normalized spacial score (nSPS) is 19.5. The first-order chi connectivity index (χ1) is 10.0. The molecule has 3 heteroatoms. The molecule has 3 nitrogen and oxygen atoms in total. The number of aryl methyl sites for hydroxylation is 1. The lowest BCUT2D eigenvalue weighted by Gasteiger charge is -2.31. The Morgan fingerprint density at radius 1 is 1.33 bits per heavy atom. The average molecular weight is 288 g/mol. The monoisotopic (exact) mass is 288 g/mol. The SMILES string of the molecule is Cc1ccc(CN(C)C(=O)CCN2CCC[C@@H](C)C2)cc1. The predicted molar refractivity (Wildman–Crippen MR) is 87.1 cm³/mol. The first kappa shape index (κ1) is 16.0. The van der Waals surface area contributed by atoms with Gasteiger partial charge in [0, 0.05) is 33.1 Å². The summed E-state index contributed by atoms with van der Waals surface area (Å²) in [7, 11) is 1.90. The third-order valence-electron chi connectivity index (χ3n) is 4.35. The van der Waals surface area contributed by atoms with E-state index in [2.05, 4.69) is 43.0 Å². The summed E-state index contributed by atoms with van der Waals surface area (Å²) in [6.07, 6.45) is 3.24. The molecule has 21 heavy (non-hydrogen) atoms. The minimum Gasteiger partial charge on any atom is -0.341 e. The topological polar surface area (TPSA) is 23.6 Å². The Labute approximate surface area is 128 Å². The molecule has 1 heterocycles. The van der Waals surface area contributed by atoms with Gasteiger partial charge < -0.3 is 9.80 Å². The van der Waals surface area contributed by atoms with Crippen LogP contribution in [-0.4, -0.2) is 42.4 Å². The summed E-state index contributed by atoms with van der Waals surface area (Å²) in [6, 6.07) is 8.41. The molecular weight excluding hydrogens is 260 g/mol. The van der Waals surface area contributed by atoms with Crippen LogP contribution in [0.3, 0.4) is 0 Å². The summed E-state index contributed by atoms with van der Waals surface area (Å²) in [4.78, 5) is 16.5. The lowest BCUT2D eigenvalue weighted by atomic mass is 10.0. The predicted octanol–water partition coefficient (Wildman–Crippen LogP) is 3.08. The first-order valence-electron chi connectivity index (χ1n) is 8.06. The van der Waals surface area contributed by atoms with Gasteiger partial charge in [0.05, 0.1) is 0 Å². The smallest absolute Gasteiger partial charge is 0.223 e. The van der Waals surface area contributed by atoms with Gasteiger partial charge in [-0.1, -0.05) is 36.8 Å². The van der Waals surface area contributed by atoms with Crippen molar-refractivity contribution < 1.29 is 4.79 Å². The van der Waals surface area contributed by atoms with Crippen molar-refractivity contribution in [3.05, 3.63) is 35.4 Å². The fourth-order valence-corrected chi connectivity index (χ4v) is 2.99. The standard InChI is InChI=1S/C18H28N2O/c1-15-6-8-17(9-7-15)14-19(3)18(21)10-12-20-11-4-5-16(2)13-20/h6-9,16H,4-5,10-14H2,1-3H3/t16-/m1/s1. The second-order valence-electron chi connectivity index (χ2n) is 6.53. The molecule has 1 atom stereocenters. The van der Waals surface area contributed by atoms with E-state index in [1.165, 1.54) is 24.0 Å². The quantitative estimate of drug-likeness (QED) is 0.831. The summed E-state index contributed by atoms with van der Waals surface area (Å²) in [5.74, 6) is 1.02. The lowest BCUT2D eigenvalue weighted by molar-refractivity contribution is -0.130. The molecule has 0 N–H and O–H groups in total. The zero-order valence-corrected chi connectivity index (χ0v) is 13.6. The molecule has 0 aliphatic carbocycles. The zero-order valence-electron chi connectivity index (χ0n) is 13.6. The van der Waals surface area contributed by atoms with Crippen molar-refractivity contribution in [2.45, 2.75) is 39.7 Å². The highest BCUT2D eigenvalue weighted by atomic mass is 16.2. The van der Waals surface area contributed by atoms with Gasteiger partial charge in [-0.3, -0.25) is 4.79 Å². The van der Waals surface area contributed by atoms with Crippen molar-refractivity contribution in [2.24, 2.45) is 5.92 Å². The van der Waals surface area contributed by atoms with Gasteiger partial charge >= 0.3 is 0 Å². The van der Waals surface area contributed by atoms with Gasteiger partial charge in [-0.15, -0.1) is 0 Å². The molecule has 1 aliphatic heterocycles. The lowest BCUT2D eigenvalue weighted by Crippen LogP contribution is -2.37. The number of nitrogens with zero attached hydrogens (tertiary/aromatic N) is 2. The number of piperidine rings is 1. The highest BCUT2D eigenvalue weighted by molar-refractivity contribution is 5.76. The average Bonchev–Trinajstić information content (AvgIpc) is 2.47. The number of hydrogen-bond acceptors (Lipinski definition) is 2. The van der Waals surface area contributed by atoms with E-state index in [9.17, 15) is 4.79 Å². The van der Waals surface area contributed by atoms with Gasteiger partial charge in [0.1, 0.15) is 0 Å². The summed E-state index contributed by atoms with van der Waals surface area (Å²) < 4.78 is 0. The molecule has 0 radical (unpaired) electrons. The van der Waals surface area contributed by atoms with Crippen LogP contribution in [0.2, 0.25) is 0 Å². The summed E-state index contributed by atoms with van der Waals surface area (Å²) >= 11 is 0. The second kappa shape index (κ2) is 7.60. The number of benzene rings is 1. The minimum absolute atomic E-state index is 0.244. The second-order valence-corrected chi connectivity index (χ2v) is 6.53. The Bertz CT molecular complexity index is 455. The highest BCUT2D eigenvalue weighted by Crippen LogP contribution is 2.15. The van der Waals surface area contributed by atoms with Gasteiger partial charge in [0.15, 0.2) is 0 Å². The molecule has 1 aliphatic rings. The molecule has 0 bridgehead atoms. The van der Waals surface area contributed by atoms with Gasteiger partial charge in [-0.2, -0.15) is 0 Å². The van der Waals surface area contributed by atoms with Crippen LogP contribution < -0.4 is 0 Å². The van der Waals surface area contributed by atoms with Crippen LogP contribution in [0.15, 0.2) is 24.3 Å². The van der Waals surface area contributed by atoms with Crippen molar-refractivity contribution in [1.82, 2.24) is 9.80 Å². The molecule has 1 fully saturated rings. The molecule has 0 saturated carbocycles. The number of rotatable bonds is 5. The van der Waals surface area contributed by atoms with Crippen molar-refractivity contribution in [3.8, 4) is 0 Å². The first-order valence-corrected chi connectivity index (χ1v) is 8.06. The van der Waals surface area contributed by atoms with Gasteiger partial charge in [-0.25, -0.2) is 0 Å². The maximum atomic E-state index is 12.2. The van der Waals surface area contributed by atoms with E-state index in [0.717, 1.165) is 25.6 Å². The Morgan fingerprint density at radius 3 is 2.71 bits per heavy atom. The van der Waals surface area contributed by atoms with Gasteiger partial charge in [0.25, 0.3) is 0 Å². The molecule has 1 aromatic rings. The summed E-state index contributed by atoms with van der Waals surface area (Å²) in [5.41, 5.74) is 2.45. The number of likely N-dealkylation sites (tertiary alicyclic amines) is 1. The molecule has 1 aromatic carbocycles. The number of carbonyl (C=O) groups is 1. The molecule has 116 valence electrons. The fourth-order valence-electron chi connectivity index (χ4n) is 2.99. The van der Waals surface area contributed by atoms with E-state index < -0.39 is 0 Å². The van der Waals surface area contributed by atoms with Crippen molar-refractivity contribution in [2.75, 3.05) is 26.7 Å². The van der Waals surface area contributed by atoms with Crippen LogP contribution in [0, 0.1) is 12.8 Å². The van der Waals surface area contributed by atoms with E-state index in [-0.39, 0.29) is 5.91 Å². The third kappa shape index (κ3) is 5.16. The van der Waals surface area contributed by atoms with E-state index in [1.807, 2.05) is 11.9 Å². The van der Waals surface area contributed by atoms with Gasteiger partial charge in [-0.05, 0) is 37.8 Å². The van der Waals surface area contributed by atoms with Gasteiger partial charge in [0.2, 0.25) is 5.91 Å². The largest absolute Gasteiger partial charge is 0.341 e. The van der Waals surface area contributed by atoms with Crippen molar-refractivity contribution >= 4 is 5.91 Å². The molecule has 0 unspecified atom stereocenters. The molecule has 2 rings (SSSR count). The van der Waals surface area contributed by atoms with Crippen LogP contribution in [0.5, 0.6) is 0 Å². The van der Waals surface area contributed by atoms with Crippen LogP contribution in [-0.2, 0) is 11.3 Å². The van der Waals surface area contributed by atoms with Crippen molar-refractivity contribution in [3.63, 3.8) is 0 Å². The summed E-state index contributed by atoms with van der Waals surface area (Å²) in [6.45, 7) is 8.29. The van der Waals surface area contributed by atoms with E-state index in [1.54, 1.807) is 0 Å². The molecule has 0 spiro atoms. The number of carbonyl (C=O) groups excluding carboxylic acids is 1. The fraction of sp³-hybridized carbons (Fsp3) is 0.611. The molecule has 1 saturated heterocycles. The van der Waals surface area contributed by atoms with Crippen LogP contribution >= 0.6 is 0 Å². The maximum Gasteiger partial charge on any atom is 0.223 e. The maximum absolute atomic E-state index is 12.2. The van der Waals surface area contributed by atoms with E-state index in [4.69, 9.17) is 0 Å². The molecular formula is C18H28N2O. The molecule has 0 aromatic heterocycles. The minimum atomic E-state index is 0.244. The highest BCUT2D eigenvalue weighted by Gasteiger charge is 2.17. The number of amides is 1. The Kier molecular flexibility index (Phi) is 5.80. The Hall–Kier alpha value is -1.35. The summed E-state index contributed by atoms with van der Waals surface area (Å²) in [5, 5.41) is 0. The van der Waals surface area contributed by atoms with E-state index >= 15 is 0 Å². The van der Waals surface area contributed by atoms with Crippen molar-refractivity contribution in [1.29, 1.82) is 0 Å². The van der Waals surface area contributed by atoms with E-state index in [0.29, 0.717) is 13.0 Å². The Balaban J connectivity index is 1.75. The van der Waals surface area contributed by atoms with Crippen LogP contribution in [0.4, 0.5) is 0 Å². The molecule has 1 amide bonds. The zero-order chi connectivity index (χ0) is 15.2. The van der Waals surface area contributed by atoms with Crippen LogP contribution in [0.1, 0.15) is 37.3 Å². The Morgan fingerprint density at radius 2 is 2.05 bits per heavy atom. The number of hydrogen-bond donors (Lipinski definition) is 0. The van der Waals surface area contributed by atoms with Crippen LogP contribution in [0.25, 0.3) is 0 Å². The third-order valence-corrected chi connectivity index (χ3v) is 4.35.